The summed E-state index contributed by atoms with van der Waals surface area (Å²) in [6.45, 7) is 3.44. The average Bonchev–Trinajstić information content (AvgIpc) is 2.73. The second kappa shape index (κ2) is 9.74. The molecule has 1 heterocycles. The number of rotatable bonds is 6. The van der Waals surface area contributed by atoms with E-state index in [1.165, 1.54) is 6.92 Å². The monoisotopic (exact) mass is 443 g/mol. The van der Waals surface area contributed by atoms with Gasteiger partial charge >= 0.3 is 0 Å². The Labute approximate surface area is 181 Å². The molecule has 164 valence electrons. The number of amides is 3. The summed E-state index contributed by atoms with van der Waals surface area (Å²) < 4.78 is 24.8. The van der Waals surface area contributed by atoms with Gasteiger partial charge in [-0.2, -0.15) is 0 Å². The van der Waals surface area contributed by atoms with E-state index in [2.05, 4.69) is 5.32 Å². The number of hydrogen-bond acceptors (Lipinski definition) is 5. The van der Waals surface area contributed by atoms with Crippen LogP contribution in [0.15, 0.2) is 54.6 Å². The van der Waals surface area contributed by atoms with Crippen LogP contribution in [-0.2, 0) is 25.2 Å². The summed E-state index contributed by atoms with van der Waals surface area (Å²) in [6, 6.07) is 15.0. The first-order valence-electron chi connectivity index (χ1n) is 9.92. The Morgan fingerprint density at radius 3 is 2.03 bits per heavy atom. The molecule has 0 unspecified atom stereocenters. The highest BCUT2D eigenvalue weighted by Gasteiger charge is 2.23. The zero-order valence-electron chi connectivity index (χ0n) is 17.3. The molecule has 1 saturated heterocycles. The van der Waals surface area contributed by atoms with E-state index in [9.17, 15) is 22.8 Å². The van der Waals surface area contributed by atoms with Crippen molar-refractivity contribution in [1.29, 1.82) is 0 Å². The molecule has 0 spiro atoms. The molecule has 2 aromatic carbocycles. The van der Waals surface area contributed by atoms with Crippen molar-refractivity contribution in [2.45, 2.75) is 12.7 Å². The molecule has 1 aliphatic heterocycles. The SMILES string of the molecule is CC(=O)N1CCN(C(=O)c2ccc(CS(=O)(=O)CC(=O)Nc3ccccc3)cc2)CC1. The largest absolute Gasteiger partial charge is 0.339 e. The van der Waals surface area contributed by atoms with Gasteiger partial charge in [0.25, 0.3) is 5.91 Å². The third kappa shape index (κ3) is 6.39. The van der Waals surface area contributed by atoms with E-state index in [0.717, 1.165) is 0 Å². The number of benzene rings is 2. The highest BCUT2D eigenvalue weighted by Crippen LogP contribution is 2.13. The molecule has 8 nitrogen and oxygen atoms in total. The van der Waals surface area contributed by atoms with Crippen molar-refractivity contribution in [3.8, 4) is 0 Å². The molecule has 3 amide bonds. The van der Waals surface area contributed by atoms with Gasteiger partial charge in [0.05, 0.1) is 5.75 Å². The third-order valence-corrected chi connectivity index (χ3v) is 6.48. The van der Waals surface area contributed by atoms with Crippen LogP contribution in [0.5, 0.6) is 0 Å². The summed E-state index contributed by atoms with van der Waals surface area (Å²) in [5, 5.41) is 2.56. The first-order valence-corrected chi connectivity index (χ1v) is 11.7. The van der Waals surface area contributed by atoms with Crippen molar-refractivity contribution in [1.82, 2.24) is 9.80 Å². The van der Waals surface area contributed by atoms with Gasteiger partial charge in [0, 0.05) is 44.4 Å². The quantitative estimate of drug-likeness (QED) is 0.730. The maximum absolute atomic E-state index is 12.6. The van der Waals surface area contributed by atoms with Crippen LogP contribution in [0.2, 0.25) is 0 Å². The van der Waals surface area contributed by atoms with Crippen LogP contribution in [0.4, 0.5) is 5.69 Å². The van der Waals surface area contributed by atoms with Gasteiger partial charge in [0.1, 0.15) is 5.75 Å². The number of carbonyl (C=O) groups is 3. The molecule has 0 bridgehead atoms. The summed E-state index contributed by atoms with van der Waals surface area (Å²) in [4.78, 5) is 39.5. The maximum Gasteiger partial charge on any atom is 0.253 e. The lowest BCUT2D eigenvalue weighted by atomic mass is 10.1. The third-order valence-electron chi connectivity index (χ3n) is 5.01. The van der Waals surface area contributed by atoms with Crippen LogP contribution in [-0.4, -0.2) is 67.9 Å². The normalized spacial score (nSPS) is 14.2. The summed E-state index contributed by atoms with van der Waals surface area (Å²) in [5.74, 6) is -1.66. The molecule has 0 atom stereocenters. The van der Waals surface area contributed by atoms with Gasteiger partial charge in [-0.1, -0.05) is 30.3 Å². The van der Waals surface area contributed by atoms with Gasteiger partial charge in [0.15, 0.2) is 9.84 Å². The second-order valence-electron chi connectivity index (χ2n) is 7.44. The van der Waals surface area contributed by atoms with Crippen molar-refractivity contribution >= 4 is 33.2 Å². The highest BCUT2D eigenvalue weighted by atomic mass is 32.2. The van der Waals surface area contributed by atoms with E-state index in [4.69, 9.17) is 0 Å². The van der Waals surface area contributed by atoms with Gasteiger partial charge in [0.2, 0.25) is 11.8 Å². The van der Waals surface area contributed by atoms with Crippen LogP contribution >= 0.6 is 0 Å². The van der Waals surface area contributed by atoms with Gasteiger partial charge in [-0.15, -0.1) is 0 Å². The first kappa shape index (κ1) is 22.5. The molecule has 0 saturated carbocycles. The minimum atomic E-state index is -3.67. The van der Waals surface area contributed by atoms with E-state index in [-0.39, 0.29) is 17.6 Å². The fraction of sp³-hybridized carbons (Fsp3) is 0.318. The van der Waals surface area contributed by atoms with E-state index in [1.54, 1.807) is 64.4 Å². The number of carbonyl (C=O) groups excluding carboxylic acids is 3. The summed E-state index contributed by atoms with van der Waals surface area (Å²) in [6.07, 6.45) is 0. The van der Waals surface area contributed by atoms with Crippen LogP contribution in [0.3, 0.4) is 0 Å². The van der Waals surface area contributed by atoms with Crippen LogP contribution in [0, 0.1) is 0 Å². The predicted molar refractivity (Wildman–Crippen MR) is 117 cm³/mol. The second-order valence-corrected chi connectivity index (χ2v) is 9.51. The summed E-state index contributed by atoms with van der Waals surface area (Å²) in [7, 11) is -3.67. The molecule has 1 aliphatic rings. The Morgan fingerprint density at radius 1 is 0.871 bits per heavy atom. The highest BCUT2D eigenvalue weighted by molar-refractivity contribution is 7.91. The van der Waals surface area contributed by atoms with Gasteiger partial charge in [-0.05, 0) is 29.8 Å². The molecule has 3 rings (SSSR count). The zero-order valence-corrected chi connectivity index (χ0v) is 18.1. The smallest absolute Gasteiger partial charge is 0.253 e. The predicted octanol–water partition coefficient (Wildman–Crippen LogP) is 1.54. The Kier molecular flexibility index (Phi) is 7.06. The minimum absolute atomic E-state index is 0.00453. The molecule has 9 heteroatoms. The van der Waals surface area contributed by atoms with E-state index < -0.39 is 21.5 Å². The first-order chi connectivity index (χ1) is 14.7. The van der Waals surface area contributed by atoms with Crippen LogP contribution < -0.4 is 5.32 Å². The van der Waals surface area contributed by atoms with Crippen molar-refractivity contribution in [2.75, 3.05) is 37.2 Å². The topological polar surface area (TPSA) is 104 Å². The molecule has 31 heavy (non-hydrogen) atoms. The lowest BCUT2D eigenvalue weighted by Crippen LogP contribution is -2.50. The standard InChI is InChI=1S/C22H25N3O5S/c1-17(26)24-11-13-25(14-12-24)22(28)19-9-7-18(8-10-19)15-31(29,30)16-21(27)23-20-5-3-2-4-6-20/h2-10H,11-16H2,1H3,(H,23,27). The number of nitrogens with zero attached hydrogens (tertiary/aromatic N) is 2. The Hall–Kier alpha value is -3.20. The van der Waals surface area contributed by atoms with Gasteiger partial charge in [-0.25, -0.2) is 8.42 Å². The van der Waals surface area contributed by atoms with Gasteiger partial charge in [-0.3, -0.25) is 14.4 Å². The molecule has 0 aliphatic carbocycles. The number of sulfone groups is 1. The molecule has 0 radical (unpaired) electrons. The van der Waals surface area contributed by atoms with Crippen molar-refractivity contribution < 1.29 is 22.8 Å². The number of anilines is 1. The number of nitrogens with one attached hydrogen (secondary N) is 1. The zero-order chi connectivity index (χ0) is 22.4. The lowest BCUT2D eigenvalue weighted by Gasteiger charge is -2.34. The number of para-hydroxylation sites is 1. The van der Waals surface area contributed by atoms with E-state index >= 15 is 0 Å². The summed E-state index contributed by atoms with van der Waals surface area (Å²) in [5.41, 5.74) is 1.50. The van der Waals surface area contributed by atoms with Crippen molar-refractivity contribution in [3.63, 3.8) is 0 Å². The Balaban J connectivity index is 1.55. The number of hydrogen-bond donors (Lipinski definition) is 1. The maximum atomic E-state index is 12.6. The van der Waals surface area contributed by atoms with E-state index in [1.807, 2.05) is 0 Å². The molecule has 2 aromatic rings. The van der Waals surface area contributed by atoms with Crippen LogP contribution in [0.25, 0.3) is 0 Å². The lowest BCUT2D eigenvalue weighted by molar-refractivity contribution is -0.130. The van der Waals surface area contributed by atoms with Gasteiger partial charge < -0.3 is 15.1 Å². The van der Waals surface area contributed by atoms with Crippen LogP contribution in [0.1, 0.15) is 22.8 Å². The Bertz CT molecular complexity index is 1040. The average molecular weight is 444 g/mol. The number of piperazine rings is 1. The Morgan fingerprint density at radius 2 is 1.45 bits per heavy atom. The fourth-order valence-corrected chi connectivity index (χ4v) is 4.65. The molecular formula is C22H25N3O5S. The fourth-order valence-electron chi connectivity index (χ4n) is 3.37. The van der Waals surface area contributed by atoms with E-state index in [0.29, 0.717) is 43.0 Å². The summed E-state index contributed by atoms with van der Waals surface area (Å²) >= 11 is 0. The molecular weight excluding hydrogens is 418 g/mol. The molecule has 1 fully saturated rings. The molecule has 1 N–H and O–H groups in total. The van der Waals surface area contributed by atoms with Crippen molar-refractivity contribution in [3.05, 3.63) is 65.7 Å². The van der Waals surface area contributed by atoms with Crippen molar-refractivity contribution in [2.24, 2.45) is 0 Å². The minimum Gasteiger partial charge on any atom is -0.339 e. The molecule has 0 aromatic heterocycles.